The van der Waals surface area contributed by atoms with E-state index in [0.29, 0.717) is 0 Å². The lowest BCUT2D eigenvalue weighted by Crippen LogP contribution is -2.22. The van der Waals surface area contributed by atoms with Crippen molar-refractivity contribution < 1.29 is 4.79 Å². The van der Waals surface area contributed by atoms with Crippen molar-refractivity contribution in [2.24, 2.45) is 5.92 Å². The molecule has 1 amide bonds. The molecule has 1 aliphatic carbocycles. The first-order valence-electron chi connectivity index (χ1n) is 6.13. The van der Waals surface area contributed by atoms with E-state index < -0.39 is 0 Å². The SMILES string of the molecule is C#Cc1cccnc1[C@@H]1C(=O)N(C)C2=CCC[C@H]21. The smallest absolute Gasteiger partial charge is 0.236 e. The molecule has 0 saturated carbocycles. The van der Waals surface area contributed by atoms with Crippen LogP contribution < -0.4 is 0 Å². The lowest BCUT2D eigenvalue weighted by molar-refractivity contribution is -0.127. The molecule has 3 nitrogen and oxygen atoms in total. The van der Waals surface area contributed by atoms with Crippen LogP contribution in [0.15, 0.2) is 30.1 Å². The van der Waals surface area contributed by atoms with E-state index in [1.54, 1.807) is 11.1 Å². The second-order valence-electron chi connectivity index (χ2n) is 4.77. The number of amides is 1. The Bertz CT molecular complexity index is 582. The van der Waals surface area contributed by atoms with Gasteiger partial charge < -0.3 is 4.90 Å². The van der Waals surface area contributed by atoms with Gasteiger partial charge >= 0.3 is 0 Å². The minimum atomic E-state index is -0.198. The number of likely N-dealkylation sites (tertiary alicyclic amines) is 1. The fourth-order valence-electron chi connectivity index (χ4n) is 3.04. The number of nitrogens with zero attached hydrogens (tertiary/aromatic N) is 2. The van der Waals surface area contributed by atoms with Crippen molar-refractivity contribution in [3.8, 4) is 12.3 Å². The molecule has 0 radical (unpaired) electrons. The van der Waals surface area contributed by atoms with Crippen LogP contribution in [0.3, 0.4) is 0 Å². The van der Waals surface area contributed by atoms with E-state index in [4.69, 9.17) is 6.42 Å². The summed E-state index contributed by atoms with van der Waals surface area (Å²) < 4.78 is 0. The Morgan fingerprint density at radius 2 is 2.39 bits per heavy atom. The highest BCUT2D eigenvalue weighted by Gasteiger charge is 2.46. The van der Waals surface area contributed by atoms with Crippen molar-refractivity contribution in [1.29, 1.82) is 0 Å². The van der Waals surface area contributed by atoms with E-state index in [0.717, 1.165) is 29.8 Å². The molecule has 0 aromatic carbocycles. The summed E-state index contributed by atoms with van der Waals surface area (Å²) in [4.78, 5) is 18.5. The number of pyridine rings is 1. The Morgan fingerprint density at radius 3 is 3.17 bits per heavy atom. The molecule has 2 aliphatic rings. The summed E-state index contributed by atoms with van der Waals surface area (Å²) in [6, 6.07) is 3.67. The number of carbonyl (C=O) groups is 1. The Labute approximate surface area is 107 Å². The topological polar surface area (TPSA) is 33.2 Å². The van der Waals surface area contributed by atoms with E-state index in [1.165, 1.54) is 0 Å². The fraction of sp³-hybridized carbons (Fsp3) is 0.333. The van der Waals surface area contributed by atoms with Gasteiger partial charge in [-0.25, -0.2) is 0 Å². The molecule has 90 valence electrons. The summed E-state index contributed by atoms with van der Waals surface area (Å²) in [5, 5.41) is 0. The number of allylic oxidation sites excluding steroid dienone is 2. The van der Waals surface area contributed by atoms with Gasteiger partial charge in [0.05, 0.1) is 11.6 Å². The first-order valence-corrected chi connectivity index (χ1v) is 6.13. The zero-order valence-electron chi connectivity index (χ0n) is 10.3. The normalized spacial score (nSPS) is 25.9. The second-order valence-corrected chi connectivity index (χ2v) is 4.77. The van der Waals surface area contributed by atoms with Gasteiger partial charge in [-0.15, -0.1) is 6.42 Å². The Kier molecular flexibility index (Phi) is 2.45. The quantitative estimate of drug-likeness (QED) is 0.700. The molecular formula is C15H14N2O. The molecule has 2 atom stereocenters. The van der Waals surface area contributed by atoms with E-state index in [-0.39, 0.29) is 17.7 Å². The van der Waals surface area contributed by atoms with Crippen LogP contribution in [0.5, 0.6) is 0 Å². The van der Waals surface area contributed by atoms with Crippen LogP contribution in [-0.2, 0) is 4.79 Å². The van der Waals surface area contributed by atoms with Gasteiger partial charge in [-0.05, 0) is 25.0 Å². The first-order chi connectivity index (χ1) is 8.74. The van der Waals surface area contributed by atoms with E-state index >= 15 is 0 Å². The van der Waals surface area contributed by atoms with Crippen LogP contribution in [0.1, 0.15) is 30.0 Å². The number of aromatic nitrogens is 1. The highest BCUT2D eigenvalue weighted by molar-refractivity contribution is 5.89. The molecule has 2 heterocycles. The Hall–Kier alpha value is -2.08. The van der Waals surface area contributed by atoms with Gasteiger partial charge in [0, 0.05) is 30.4 Å². The molecule has 1 aliphatic heterocycles. The molecule has 0 bridgehead atoms. The molecule has 0 unspecified atom stereocenters. The van der Waals surface area contributed by atoms with Crippen molar-refractivity contribution in [3.63, 3.8) is 0 Å². The molecule has 3 heteroatoms. The summed E-state index contributed by atoms with van der Waals surface area (Å²) in [5.41, 5.74) is 2.63. The fourth-order valence-corrected chi connectivity index (χ4v) is 3.04. The molecule has 1 fully saturated rings. The van der Waals surface area contributed by atoms with E-state index in [2.05, 4.69) is 17.0 Å². The minimum absolute atomic E-state index is 0.112. The van der Waals surface area contributed by atoms with Gasteiger partial charge in [0.1, 0.15) is 0 Å². The van der Waals surface area contributed by atoms with Crippen LogP contribution in [0.25, 0.3) is 0 Å². The zero-order valence-corrected chi connectivity index (χ0v) is 10.3. The van der Waals surface area contributed by atoms with Crippen LogP contribution >= 0.6 is 0 Å². The van der Waals surface area contributed by atoms with E-state index in [1.807, 2.05) is 19.2 Å². The number of rotatable bonds is 1. The number of terminal acetylenes is 1. The maximum absolute atomic E-state index is 12.4. The van der Waals surface area contributed by atoms with Crippen molar-refractivity contribution in [2.75, 3.05) is 7.05 Å². The lowest BCUT2D eigenvalue weighted by atomic mass is 9.88. The minimum Gasteiger partial charge on any atom is -0.319 e. The average molecular weight is 238 g/mol. The van der Waals surface area contributed by atoms with Crippen LogP contribution in [0, 0.1) is 18.3 Å². The maximum Gasteiger partial charge on any atom is 0.236 e. The molecule has 1 saturated heterocycles. The van der Waals surface area contributed by atoms with Gasteiger partial charge in [-0.2, -0.15) is 0 Å². The van der Waals surface area contributed by atoms with Gasteiger partial charge in [-0.3, -0.25) is 9.78 Å². The summed E-state index contributed by atoms with van der Waals surface area (Å²) in [7, 11) is 1.84. The monoisotopic (exact) mass is 238 g/mol. The van der Waals surface area contributed by atoms with Crippen molar-refractivity contribution in [1.82, 2.24) is 9.88 Å². The zero-order chi connectivity index (χ0) is 12.7. The number of likely N-dealkylation sites (N-methyl/N-ethyl adjacent to an activating group) is 1. The highest BCUT2D eigenvalue weighted by Crippen LogP contribution is 2.46. The standard InChI is InChI=1S/C15H14N2O/c1-3-10-6-5-9-16-14(10)13-11-7-4-8-12(11)17(2)15(13)18/h1,5-6,8-9,11,13H,4,7H2,2H3/t11-,13-/m1/s1. The van der Waals surface area contributed by atoms with Gasteiger partial charge in [0.15, 0.2) is 0 Å². The second kappa shape index (κ2) is 3.99. The lowest BCUT2D eigenvalue weighted by Gasteiger charge is -2.14. The molecule has 1 aromatic rings. The predicted octanol–water partition coefficient (Wildman–Crippen LogP) is 1.91. The van der Waals surface area contributed by atoms with Gasteiger partial charge in [0.2, 0.25) is 5.91 Å². The van der Waals surface area contributed by atoms with Gasteiger partial charge in [-0.1, -0.05) is 12.0 Å². The van der Waals surface area contributed by atoms with Crippen molar-refractivity contribution >= 4 is 5.91 Å². The molecule has 1 aromatic heterocycles. The van der Waals surface area contributed by atoms with Crippen LogP contribution in [0.2, 0.25) is 0 Å². The molecule has 0 N–H and O–H groups in total. The molecule has 18 heavy (non-hydrogen) atoms. The maximum atomic E-state index is 12.4. The first kappa shape index (κ1) is 11.0. The third-order valence-electron chi connectivity index (χ3n) is 3.89. The number of carbonyl (C=O) groups excluding carboxylic acids is 1. The third-order valence-corrected chi connectivity index (χ3v) is 3.89. The predicted molar refractivity (Wildman–Crippen MR) is 68.5 cm³/mol. The van der Waals surface area contributed by atoms with E-state index in [9.17, 15) is 4.79 Å². The van der Waals surface area contributed by atoms with Crippen LogP contribution in [0.4, 0.5) is 0 Å². The number of hydrogen-bond acceptors (Lipinski definition) is 2. The van der Waals surface area contributed by atoms with Gasteiger partial charge in [0.25, 0.3) is 0 Å². The molecular weight excluding hydrogens is 224 g/mol. The number of hydrogen-bond donors (Lipinski definition) is 0. The summed E-state index contributed by atoms with van der Waals surface area (Å²) in [5.74, 6) is 2.80. The van der Waals surface area contributed by atoms with Crippen molar-refractivity contribution in [3.05, 3.63) is 41.4 Å². The number of fused-ring (bicyclic) bond motifs is 1. The Morgan fingerprint density at radius 1 is 1.56 bits per heavy atom. The summed E-state index contributed by atoms with van der Waals surface area (Å²) in [6.45, 7) is 0. The third kappa shape index (κ3) is 1.39. The Balaban J connectivity index is 2.10. The molecule has 0 spiro atoms. The largest absolute Gasteiger partial charge is 0.319 e. The summed E-state index contributed by atoms with van der Waals surface area (Å²) in [6.07, 6.45) is 11.4. The summed E-state index contributed by atoms with van der Waals surface area (Å²) >= 11 is 0. The molecule has 3 rings (SSSR count). The van der Waals surface area contributed by atoms with Crippen LogP contribution in [-0.4, -0.2) is 22.8 Å². The average Bonchev–Trinajstić information content (AvgIpc) is 2.95. The highest BCUT2D eigenvalue weighted by atomic mass is 16.2. The van der Waals surface area contributed by atoms with Crippen molar-refractivity contribution in [2.45, 2.75) is 18.8 Å².